The zero-order valence-corrected chi connectivity index (χ0v) is 12.4. The van der Waals surface area contributed by atoms with Crippen molar-refractivity contribution in [1.82, 2.24) is 5.43 Å². The topological polar surface area (TPSA) is 64.5 Å². The molecule has 1 aromatic rings. The van der Waals surface area contributed by atoms with Crippen LogP contribution in [0, 0.1) is 0 Å². The third-order valence-corrected chi connectivity index (χ3v) is 2.31. The maximum Gasteiger partial charge on any atom is 1.00 e. The Kier molecular flexibility index (Phi) is 7.87. The minimum absolute atomic E-state index is 0. The fourth-order valence-corrected chi connectivity index (χ4v) is 1.25. The Morgan fingerprint density at radius 2 is 2.00 bits per heavy atom. The van der Waals surface area contributed by atoms with Crippen molar-refractivity contribution in [3.05, 3.63) is 35.9 Å². The molecular formula is C12H15N2NaO2. The van der Waals surface area contributed by atoms with Gasteiger partial charge < -0.3 is 15.3 Å². The van der Waals surface area contributed by atoms with E-state index in [1.807, 2.05) is 37.3 Å². The number of carbonyl (C=O) groups excluding carboxylic acids is 1. The summed E-state index contributed by atoms with van der Waals surface area (Å²) in [7, 11) is 0. The largest absolute Gasteiger partial charge is 1.00 e. The van der Waals surface area contributed by atoms with E-state index in [9.17, 15) is 9.90 Å². The van der Waals surface area contributed by atoms with Crippen molar-refractivity contribution in [2.75, 3.05) is 6.54 Å². The molecule has 0 bridgehead atoms. The molecule has 0 aromatic heterocycles. The molecule has 1 unspecified atom stereocenters. The Hall–Kier alpha value is -0.840. The summed E-state index contributed by atoms with van der Waals surface area (Å²) in [5.74, 6) is -0.973. The maximum atomic E-state index is 10.4. The Bertz CT molecular complexity index is 379. The van der Waals surface area contributed by atoms with E-state index in [1.54, 1.807) is 0 Å². The monoisotopic (exact) mass is 242 g/mol. The Morgan fingerprint density at radius 3 is 2.53 bits per heavy atom. The molecule has 0 saturated carbocycles. The number of hydrazone groups is 1. The van der Waals surface area contributed by atoms with Gasteiger partial charge in [-0.2, -0.15) is 5.10 Å². The molecule has 4 nitrogen and oxygen atoms in total. The van der Waals surface area contributed by atoms with E-state index < -0.39 is 5.97 Å². The SMILES string of the molecule is C/C(=N\NCC(C)c1ccccc1)C(=O)[O-].[Na+]. The first-order chi connectivity index (χ1) is 7.61. The van der Waals surface area contributed by atoms with Gasteiger partial charge in [-0.05, 0) is 12.5 Å². The molecule has 0 heterocycles. The molecule has 17 heavy (non-hydrogen) atoms. The summed E-state index contributed by atoms with van der Waals surface area (Å²) in [5, 5.41) is 14.1. The number of carboxylic acids is 1. The molecule has 0 radical (unpaired) electrons. The van der Waals surface area contributed by atoms with Crippen molar-refractivity contribution in [2.45, 2.75) is 19.8 Å². The number of hydrogen-bond acceptors (Lipinski definition) is 4. The van der Waals surface area contributed by atoms with Crippen LogP contribution in [0.5, 0.6) is 0 Å². The summed E-state index contributed by atoms with van der Waals surface area (Å²) >= 11 is 0. The Balaban J connectivity index is 0.00000256. The fourth-order valence-electron chi connectivity index (χ4n) is 1.25. The normalized spacial score (nSPS) is 12.5. The average molecular weight is 242 g/mol. The van der Waals surface area contributed by atoms with Crippen LogP contribution in [-0.4, -0.2) is 18.2 Å². The fraction of sp³-hybridized carbons (Fsp3) is 0.333. The van der Waals surface area contributed by atoms with Gasteiger partial charge in [-0.3, -0.25) is 0 Å². The van der Waals surface area contributed by atoms with Gasteiger partial charge in [-0.25, -0.2) is 0 Å². The minimum Gasteiger partial charge on any atom is -0.543 e. The molecule has 5 heteroatoms. The van der Waals surface area contributed by atoms with Crippen LogP contribution in [0.4, 0.5) is 0 Å². The summed E-state index contributed by atoms with van der Waals surface area (Å²) in [6.45, 7) is 4.04. The first-order valence-corrected chi connectivity index (χ1v) is 5.14. The van der Waals surface area contributed by atoms with Crippen molar-refractivity contribution in [1.29, 1.82) is 0 Å². The molecule has 1 aromatic carbocycles. The third kappa shape index (κ3) is 5.86. The Labute approximate surface area is 123 Å². The van der Waals surface area contributed by atoms with Crippen molar-refractivity contribution < 1.29 is 39.5 Å². The molecule has 0 aliphatic carbocycles. The summed E-state index contributed by atoms with van der Waals surface area (Å²) in [6.07, 6.45) is 0. The number of aliphatic carboxylic acids is 1. The van der Waals surface area contributed by atoms with E-state index in [0.717, 1.165) is 0 Å². The van der Waals surface area contributed by atoms with E-state index in [4.69, 9.17) is 0 Å². The molecule has 1 N–H and O–H groups in total. The van der Waals surface area contributed by atoms with Crippen LogP contribution in [0.25, 0.3) is 0 Å². The summed E-state index contributed by atoms with van der Waals surface area (Å²) < 4.78 is 0. The van der Waals surface area contributed by atoms with E-state index >= 15 is 0 Å². The van der Waals surface area contributed by atoms with Gasteiger partial charge in [0.2, 0.25) is 0 Å². The van der Waals surface area contributed by atoms with E-state index in [1.165, 1.54) is 12.5 Å². The summed E-state index contributed by atoms with van der Waals surface area (Å²) in [6, 6.07) is 9.97. The van der Waals surface area contributed by atoms with Gasteiger partial charge in [-0.1, -0.05) is 37.3 Å². The van der Waals surface area contributed by atoms with E-state index in [2.05, 4.69) is 10.5 Å². The van der Waals surface area contributed by atoms with Gasteiger partial charge in [0.1, 0.15) is 0 Å². The van der Waals surface area contributed by atoms with Gasteiger partial charge in [0.05, 0.1) is 11.7 Å². The number of hydrogen-bond donors (Lipinski definition) is 1. The van der Waals surface area contributed by atoms with Crippen LogP contribution in [0.3, 0.4) is 0 Å². The van der Waals surface area contributed by atoms with Gasteiger partial charge in [0, 0.05) is 12.5 Å². The number of nitrogens with zero attached hydrogens (tertiary/aromatic N) is 1. The number of nitrogens with one attached hydrogen (secondary N) is 1. The molecule has 0 aliphatic heterocycles. The average Bonchev–Trinajstić information content (AvgIpc) is 2.29. The molecule has 86 valence electrons. The van der Waals surface area contributed by atoms with Crippen molar-refractivity contribution >= 4 is 11.7 Å². The Morgan fingerprint density at radius 1 is 1.41 bits per heavy atom. The van der Waals surface area contributed by atoms with E-state index in [-0.39, 0.29) is 41.2 Å². The van der Waals surface area contributed by atoms with Gasteiger partial charge in [0.25, 0.3) is 0 Å². The zero-order valence-electron chi connectivity index (χ0n) is 10.4. The molecule has 0 saturated heterocycles. The second-order valence-corrected chi connectivity index (χ2v) is 3.66. The number of carbonyl (C=O) groups is 1. The van der Waals surface area contributed by atoms with Crippen molar-refractivity contribution in [3.63, 3.8) is 0 Å². The second kappa shape index (κ2) is 8.28. The molecule has 0 spiro atoms. The first-order valence-electron chi connectivity index (χ1n) is 5.14. The van der Waals surface area contributed by atoms with E-state index in [0.29, 0.717) is 6.54 Å². The number of benzene rings is 1. The maximum absolute atomic E-state index is 10.4. The minimum atomic E-state index is -1.25. The number of rotatable bonds is 5. The molecule has 0 amide bonds. The quantitative estimate of drug-likeness (QED) is 0.353. The molecule has 1 atom stereocenters. The third-order valence-electron chi connectivity index (χ3n) is 2.31. The van der Waals surface area contributed by atoms with Crippen LogP contribution in [0.2, 0.25) is 0 Å². The molecule has 0 aliphatic rings. The predicted molar refractivity (Wildman–Crippen MR) is 61.0 cm³/mol. The van der Waals surface area contributed by atoms with Gasteiger partial charge in [0.15, 0.2) is 0 Å². The van der Waals surface area contributed by atoms with Crippen LogP contribution in [-0.2, 0) is 4.79 Å². The summed E-state index contributed by atoms with van der Waals surface area (Å²) in [4.78, 5) is 10.4. The summed E-state index contributed by atoms with van der Waals surface area (Å²) in [5.41, 5.74) is 3.88. The van der Waals surface area contributed by atoms with Gasteiger partial charge in [-0.15, -0.1) is 0 Å². The molecular weight excluding hydrogens is 227 g/mol. The van der Waals surface area contributed by atoms with Crippen LogP contribution in [0.1, 0.15) is 25.3 Å². The zero-order chi connectivity index (χ0) is 12.0. The number of carboxylic acid groups (broad SMARTS) is 1. The van der Waals surface area contributed by atoms with Crippen LogP contribution < -0.4 is 40.1 Å². The van der Waals surface area contributed by atoms with Crippen molar-refractivity contribution in [3.8, 4) is 0 Å². The van der Waals surface area contributed by atoms with Crippen molar-refractivity contribution in [2.24, 2.45) is 5.10 Å². The second-order valence-electron chi connectivity index (χ2n) is 3.66. The van der Waals surface area contributed by atoms with Crippen LogP contribution in [0.15, 0.2) is 35.4 Å². The van der Waals surface area contributed by atoms with Crippen LogP contribution >= 0.6 is 0 Å². The molecule has 0 fully saturated rings. The van der Waals surface area contributed by atoms with Gasteiger partial charge >= 0.3 is 29.6 Å². The standard InChI is InChI=1S/C12H16N2O2.Na/c1-9(11-6-4-3-5-7-11)8-13-14-10(2)12(15)16;/h3-7,9,13H,8H2,1-2H3,(H,15,16);/q;+1/p-1/b14-10+;. The smallest absolute Gasteiger partial charge is 0.543 e. The first kappa shape index (κ1) is 16.2. The predicted octanol–water partition coefficient (Wildman–Crippen LogP) is -2.49. The molecule has 1 rings (SSSR count).